The summed E-state index contributed by atoms with van der Waals surface area (Å²) in [4.78, 5) is 11.6. The summed E-state index contributed by atoms with van der Waals surface area (Å²) in [7, 11) is 0. The van der Waals surface area contributed by atoms with Gasteiger partial charge in [0.25, 0.3) is 0 Å². The highest BCUT2D eigenvalue weighted by atomic mass is 16.6. The van der Waals surface area contributed by atoms with Crippen LogP contribution in [0.3, 0.4) is 0 Å². The second-order valence-corrected chi connectivity index (χ2v) is 7.84. The van der Waals surface area contributed by atoms with Gasteiger partial charge < -0.3 is 15.4 Å². The van der Waals surface area contributed by atoms with E-state index in [9.17, 15) is 4.79 Å². The topological polar surface area (TPSA) is 50.4 Å². The van der Waals surface area contributed by atoms with E-state index in [0.29, 0.717) is 6.54 Å². The molecule has 0 aliphatic rings. The second-order valence-electron chi connectivity index (χ2n) is 7.84. The number of amides is 1. The third-order valence-corrected chi connectivity index (χ3v) is 2.84. The number of nitrogens with one attached hydrogen (secondary N) is 2. The summed E-state index contributed by atoms with van der Waals surface area (Å²) >= 11 is 0. The third-order valence-electron chi connectivity index (χ3n) is 2.84. The molecular formula is C18H30N2O2. The highest BCUT2D eigenvalue weighted by Gasteiger charge is 2.15. The molecule has 0 unspecified atom stereocenters. The summed E-state index contributed by atoms with van der Waals surface area (Å²) in [6, 6.07) is 8.24. The Hall–Kier alpha value is -1.55. The highest BCUT2D eigenvalue weighted by Crippen LogP contribution is 2.11. The maximum atomic E-state index is 11.6. The van der Waals surface area contributed by atoms with Crippen LogP contribution in [-0.2, 0) is 17.8 Å². The van der Waals surface area contributed by atoms with Crippen LogP contribution < -0.4 is 10.6 Å². The van der Waals surface area contributed by atoms with Gasteiger partial charge in [0.15, 0.2) is 0 Å². The standard InChI is InChI=1S/C18H30N2O2/c1-17(2,3)13-19-11-14-7-9-15(10-8-14)12-20-16(21)22-18(4,5)6/h7-10,19H,11-13H2,1-6H3,(H,20,21). The minimum Gasteiger partial charge on any atom is -0.444 e. The Kier molecular flexibility index (Phi) is 6.42. The van der Waals surface area contributed by atoms with Crippen molar-refractivity contribution in [1.82, 2.24) is 10.6 Å². The molecule has 124 valence electrons. The second kappa shape index (κ2) is 7.63. The number of hydrogen-bond acceptors (Lipinski definition) is 3. The molecule has 1 rings (SSSR count). The Morgan fingerprint density at radius 1 is 0.955 bits per heavy atom. The average Bonchev–Trinajstić information content (AvgIpc) is 2.34. The SMILES string of the molecule is CC(C)(C)CNCc1ccc(CNC(=O)OC(C)(C)C)cc1. The Morgan fingerprint density at radius 2 is 1.45 bits per heavy atom. The molecule has 0 fully saturated rings. The molecule has 0 saturated heterocycles. The van der Waals surface area contributed by atoms with Gasteiger partial charge >= 0.3 is 6.09 Å². The van der Waals surface area contributed by atoms with Gasteiger partial charge in [-0.25, -0.2) is 4.79 Å². The summed E-state index contributed by atoms with van der Waals surface area (Å²) in [5.41, 5.74) is 2.12. The van der Waals surface area contributed by atoms with Gasteiger partial charge in [-0.05, 0) is 37.3 Å². The summed E-state index contributed by atoms with van der Waals surface area (Å²) < 4.78 is 5.21. The van der Waals surface area contributed by atoms with Gasteiger partial charge in [0.2, 0.25) is 0 Å². The Bertz CT molecular complexity index is 467. The molecule has 0 aliphatic heterocycles. The van der Waals surface area contributed by atoms with E-state index in [2.05, 4.69) is 43.5 Å². The van der Waals surface area contributed by atoms with E-state index in [1.807, 2.05) is 32.9 Å². The predicted molar refractivity (Wildman–Crippen MR) is 90.7 cm³/mol. The number of carbonyl (C=O) groups is 1. The van der Waals surface area contributed by atoms with Crippen LogP contribution in [0.25, 0.3) is 0 Å². The first-order chi connectivity index (χ1) is 10.1. The van der Waals surface area contributed by atoms with Crippen LogP contribution in [-0.4, -0.2) is 18.2 Å². The minimum absolute atomic E-state index is 0.289. The molecule has 0 spiro atoms. The van der Waals surface area contributed by atoms with Crippen LogP contribution in [0, 0.1) is 5.41 Å². The number of rotatable bonds is 5. The van der Waals surface area contributed by atoms with Gasteiger partial charge in [-0.2, -0.15) is 0 Å². The molecule has 0 saturated carbocycles. The number of hydrogen-bond donors (Lipinski definition) is 2. The molecule has 0 heterocycles. The van der Waals surface area contributed by atoms with Crippen molar-refractivity contribution < 1.29 is 9.53 Å². The van der Waals surface area contributed by atoms with E-state index < -0.39 is 5.60 Å². The number of alkyl carbamates (subject to hydrolysis) is 1. The van der Waals surface area contributed by atoms with E-state index in [-0.39, 0.29) is 11.5 Å². The summed E-state index contributed by atoms with van der Waals surface area (Å²) in [5, 5.41) is 6.21. The van der Waals surface area contributed by atoms with E-state index in [1.54, 1.807) is 0 Å². The van der Waals surface area contributed by atoms with Crippen molar-refractivity contribution in [2.45, 2.75) is 60.2 Å². The maximum Gasteiger partial charge on any atom is 0.407 e. The van der Waals surface area contributed by atoms with Crippen molar-refractivity contribution in [3.8, 4) is 0 Å². The fourth-order valence-electron chi connectivity index (χ4n) is 1.85. The Labute approximate surface area is 134 Å². The van der Waals surface area contributed by atoms with E-state index in [0.717, 1.165) is 18.7 Å². The molecule has 22 heavy (non-hydrogen) atoms. The van der Waals surface area contributed by atoms with Crippen molar-refractivity contribution in [2.75, 3.05) is 6.54 Å². The van der Waals surface area contributed by atoms with Crippen LogP contribution in [0.1, 0.15) is 52.7 Å². The molecule has 4 heteroatoms. The first kappa shape index (κ1) is 18.5. The first-order valence-electron chi connectivity index (χ1n) is 7.81. The van der Waals surface area contributed by atoms with Crippen LogP contribution >= 0.6 is 0 Å². The normalized spacial score (nSPS) is 12.1. The zero-order valence-corrected chi connectivity index (χ0v) is 14.7. The lowest BCUT2D eigenvalue weighted by Crippen LogP contribution is -2.32. The molecule has 1 amide bonds. The highest BCUT2D eigenvalue weighted by molar-refractivity contribution is 5.67. The molecule has 2 N–H and O–H groups in total. The Balaban J connectivity index is 2.37. The van der Waals surface area contributed by atoms with Crippen molar-refractivity contribution in [1.29, 1.82) is 0 Å². The predicted octanol–water partition coefficient (Wildman–Crippen LogP) is 3.85. The van der Waals surface area contributed by atoms with Crippen LogP contribution in [0.4, 0.5) is 4.79 Å². The zero-order chi connectivity index (χ0) is 16.8. The molecular weight excluding hydrogens is 276 g/mol. The van der Waals surface area contributed by atoms with Crippen molar-refractivity contribution in [3.05, 3.63) is 35.4 Å². The number of benzene rings is 1. The molecule has 0 bridgehead atoms. The fraction of sp³-hybridized carbons (Fsp3) is 0.611. The Morgan fingerprint density at radius 3 is 1.91 bits per heavy atom. The molecule has 0 aliphatic carbocycles. The lowest BCUT2D eigenvalue weighted by molar-refractivity contribution is 0.0523. The molecule has 0 radical (unpaired) electrons. The largest absolute Gasteiger partial charge is 0.444 e. The minimum atomic E-state index is -0.466. The van der Waals surface area contributed by atoms with Crippen molar-refractivity contribution in [3.63, 3.8) is 0 Å². The molecule has 0 atom stereocenters. The van der Waals surface area contributed by atoms with Crippen LogP contribution in [0.2, 0.25) is 0 Å². The lowest BCUT2D eigenvalue weighted by atomic mass is 9.97. The smallest absolute Gasteiger partial charge is 0.407 e. The lowest BCUT2D eigenvalue weighted by Gasteiger charge is -2.20. The zero-order valence-electron chi connectivity index (χ0n) is 14.7. The quantitative estimate of drug-likeness (QED) is 0.869. The van der Waals surface area contributed by atoms with Crippen LogP contribution in [0.5, 0.6) is 0 Å². The van der Waals surface area contributed by atoms with Gasteiger partial charge in [-0.3, -0.25) is 0 Å². The fourth-order valence-corrected chi connectivity index (χ4v) is 1.85. The molecule has 1 aromatic rings. The average molecular weight is 306 g/mol. The van der Waals surface area contributed by atoms with Gasteiger partial charge in [0.05, 0.1) is 0 Å². The van der Waals surface area contributed by atoms with Gasteiger partial charge in [0.1, 0.15) is 5.60 Å². The van der Waals surface area contributed by atoms with Gasteiger partial charge in [-0.1, -0.05) is 45.0 Å². The van der Waals surface area contributed by atoms with E-state index >= 15 is 0 Å². The molecule has 1 aromatic carbocycles. The molecule has 4 nitrogen and oxygen atoms in total. The van der Waals surface area contributed by atoms with Crippen molar-refractivity contribution in [2.24, 2.45) is 5.41 Å². The molecule has 0 aromatic heterocycles. The summed E-state index contributed by atoms with van der Waals surface area (Å²) in [6.45, 7) is 14.5. The first-order valence-corrected chi connectivity index (χ1v) is 7.81. The summed E-state index contributed by atoms with van der Waals surface area (Å²) in [5.74, 6) is 0. The van der Waals surface area contributed by atoms with Crippen molar-refractivity contribution >= 4 is 6.09 Å². The maximum absolute atomic E-state index is 11.6. The van der Waals surface area contributed by atoms with Gasteiger partial charge in [0, 0.05) is 19.6 Å². The van der Waals surface area contributed by atoms with Gasteiger partial charge in [-0.15, -0.1) is 0 Å². The number of ether oxygens (including phenoxy) is 1. The summed E-state index contributed by atoms with van der Waals surface area (Å²) in [6.07, 6.45) is -0.386. The van der Waals surface area contributed by atoms with E-state index in [4.69, 9.17) is 4.74 Å². The number of carbonyl (C=O) groups excluding carboxylic acids is 1. The van der Waals surface area contributed by atoms with E-state index in [1.165, 1.54) is 5.56 Å². The van der Waals surface area contributed by atoms with Crippen LogP contribution in [0.15, 0.2) is 24.3 Å². The third kappa shape index (κ3) is 8.67. The monoisotopic (exact) mass is 306 g/mol.